The summed E-state index contributed by atoms with van der Waals surface area (Å²) in [7, 11) is 5.03. The van der Waals surface area contributed by atoms with Gasteiger partial charge in [-0.25, -0.2) is 0 Å². The molecule has 0 unspecified atom stereocenters. The maximum absolute atomic E-state index is 5.47. The molecule has 3 heteroatoms. The molecule has 2 aliphatic carbocycles. The van der Waals surface area contributed by atoms with Gasteiger partial charge >= 0.3 is 0 Å². The Morgan fingerprint density at radius 3 is 2.57 bits per heavy atom. The van der Waals surface area contributed by atoms with Crippen LogP contribution in [0.5, 0.6) is 5.75 Å². The number of ether oxygens (including phenoxy) is 3. The summed E-state index contributed by atoms with van der Waals surface area (Å²) in [4.78, 5) is 0. The molecule has 0 radical (unpaired) electrons. The largest absolute Gasteiger partial charge is 0.497 e. The summed E-state index contributed by atoms with van der Waals surface area (Å²) in [6.45, 7) is 0. The van der Waals surface area contributed by atoms with Crippen LogP contribution in [0, 0.1) is 0 Å². The molecule has 108 valence electrons. The minimum atomic E-state index is 0.725. The van der Waals surface area contributed by atoms with Crippen LogP contribution < -0.4 is 15.2 Å². The van der Waals surface area contributed by atoms with Crippen LogP contribution in [0.2, 0.25) is 0 Å². The van der Waals surface area contributed by atoms with E-state index in [4.69, 9.17) is 14.2 Å². The molecule has 1 aromatic rings. The predicted molar refractivity (Wildman–Crippen MR) is 83.0 cm³/mol. The molecule has 0 bridgehead atoms. The van der Waals surface area contributed by atoms with Gasteiger partial charge in [0, 0.05) is 6.42 Å². The highest BCUT2D eigenvalue weighted by molar-refractivity contribution is 5.75. The summed E-state index contributed by atoms with van der Waals surface area (Å²) in [6.07, 6.45) is 9.02. The molecule has 0 N–H and O–H groups in total. The number of hydrogen-bond acceptors (Lipinski definition) is 3. The van der Waals surface area contributed by atoms with Crippen LogP contribution in [0.1, 0.15) is 6.42 Å². The lowest BCUT2D eigenvalue weighted by Crippen LogP contribution is -2.27. The molecule has 3 nitrogen and oxygen atoms in total. The van der Waals surface area contributed by atoms with Gasteiger partial charge in [0.05, 0.1) is 21.3 Å². The SMILES string of the molecule is COC1=C(OC)CC2=c3ccc(OC)cc3=CC=CC2=C1. The highest BCUT2D eigenvalue weighted by atomic mass is 16.5. The molecule has 2 aliphatic rings. The summed E-state index contributed by atoms with van der Waals surface area (Å²) in [5, 5.41) is 2.36. The molecule has 21 heavy (non-hydrogen) atoms. The monoisotopic (exact) mass is 282 g/mol. The minimum absolute atomic E-state index is 0.725. The van der Waals surface area contributed by atoms with Crippen molar-refractivity contribution in [2.45, 2.75) is 6.42 Å². The van der Waals surface area contributed by atoms with Gasteiger partial charge in [-0.1, -0.05) is 24.3 Å². The van der Waals surface area contributed by atoms with E-state index in [-0.39, 0.29) is 0 Å². The van der Waals surface area contributed by atoms with Gasteiger partial charge in [-0.2, -0.15) is 0 Å². The van der Waals surface area contributed by atoms with E-state index in [0.717, 1.165) is 34.5 Å². The van der Waals surface area contributed by atoms with Crippen LogP contribution in [-0.4, -0.2) is 21.3 Å². The topological polar surface area (TPSA) is 27.7 Å². The Balaban J connectivity index is 2.26. The van der Waals surface area contributed by atoms with Crippen LogP contribution in [0.25, 0.3) is 11.6 Å². The summed E-state index contributed by atoms with van der Waals surface area (Å²) in [6, 6.07) is 6.15. The van der Waals surface area contributed by atoms with Crippen LogP contribution in [0.4, 0.5) is 0 Å². The van der Waals surface area contributed by atoms with Crippen molar-refractivity contribution < 1.29 is 14.2 Å². The van der Waals surface area contributed by atoms with Crippen molar-refractivity contribution in [3.05, 3.63) is 64.0 Å². The lowest BCUT2D eigenvalue weighted by molar-refractivity contribution is 0.225. The van der Waals surface area contributed by atoms with E-state index in [1.807, 2.05) is 12.1 Å². The molecule has 1 aromatic carbocycles. The van der Waals surface area contributed by atoms with Crippen molar-refractivity contribution in [2.75, 3.05) is 21.3 Å². The van der Waals surface area contributed by atoms with E-state index in [9.17, 15) is 0 Å². The minimum Gasteiger partial charge on any atom is -0.497 e. The molecule has 3 rings (SSSR count). The van der Waals surface area contributed by atoms with Gasteiger partial charge in [0.1, 0.15) is 11.5 Å². The van der Waals surface area contributed by atoms with E-state index >= 15 is 0 Å². The Hall–Kier alpha value is -2.42. The van der Waals surface area contributed by atoms with Crippen LogP contribution in [0.15, 0.2) is 53.5 Å². The van der Waals surface area contributed by atoms with Gasteiger partial charge in [-0.15, -0.1) is 0 Å². The number of rotatable bonds is 3. The number of fused-ring (bicyclic) bond motifs is 2. The van der Waals surface area contributed by atoms with E-state index in [0.29, 0.717) is 0 Å². The van der Waals surface area contributed by atoms with Crippen molar-refractivity contribution >= 4 is 11.6 Å². The smallest absolute Gasteiger partial charge is 0.157 e. The molecule has 0 fully saturated rings. The average molecular weight is 282 g/mol. The van der Waals surface area contributed by atoms with Gasteiger partial charge in [0.2, 0.25) is 0 Å². The number of hydrogen-bond donors (Lipinski definition) is 0. The highest BCUT2D eigenvalue weighted by Crippen LogP contribution is 2.31. The third-order valence-electron chi connectivity index (χ3n) is 3.85. The van der Waals surface area contributed by atoms with Crippen LogP contribution >= 0.6 is 0 Å². The lowest BCUT2D eigenvalue weighted by Gasteiger charge is -2.19. The second kappa shape index (κ2) is 5.52. The molecule has 0 aromatic heterocycles. The Kier molecular flexibility index (Phi) is 3.57. The lowest BCUT2D eigenvalue weighted by atomic mass is 9.93. The Morgan fingerprint density at radius 2 is 1.86 bits per heavy atom. The first-order chi connectivity index (χ1) is 10.3. The first-order valence-electron chi connectivity index (χ1n) is 6.85. The molecule has 0 atom stereocenters. The summed E-state index contributed by atoms with van der Waals surface area (Å²) < 4.78 is 16.2. The fourth-order valence-corrected chi connectivity index (χ4v) is 2.74. The van der Waals surface area contributed by atoms with E-state index < -0.39 is 0 Å². The first-order valence-corrected chi connectivity index (χ1v) is 6.85. The Bertz CT molecular complexity index is 779. The van der Waals surface area contributed by atoms with Crippen LogP contribution in [0.3, 0.4) is 0 Å². The van der Waals surface area contributed by atoms with Gasteiger partial charge < -0.3 is 14.2 Å². The van der Waals surface area contributed by atoms with Crippen molar-refractivity contribution in [2.24, 2.45) is 0 Å². The number of methoxy groups -OCH3 is 3. The second-order valence-corrected chi connectivity index (χ2v) is 4.93. The van der Waals surface area contributed by atoms with Crippen molar-refractivity contribution in [1.29, 1.82) is 0 Å². The molecule has 0 amide bonds. The summed E-state index contributed by atoms with van der Waals surface area (Å²) in [5.41, 5.74) is 2.41. The van der Waals surface area contributed by atoms with Crippen molar-refractivity contribution in [3.8, 4) is 5.75 Å². The normalized spacial score (nSPS) is 16.3. The third kappa shape index (κ3) is 2.35. The van der Waals surface area contributed by atoms with E-state index in [1.54, 1.807) is 21.3 Å². The zero-order chi connectivity index (χ0) is 14.8. The molecular weight excluding hydrogens is 264 g/mol. The second-order valence-electron chi connectivity index (χ2n) is 4.93. The third-order valence-corrected chi connectivity index (χ3v) is 3.85. The van der Waals surface area contributed by atoms with Gasteiger partial charge in [-0.3, -0.25) is 0 Å². The standard InChI is InChI=1S/C18H18O3/c1-19-14-7-8-15-12(9-14)5-4-6-13-10-17(20-2)18(21-3)11-16(13)15/h4-10H,11H2,1-3H3. The molecule has 0 saturated heterocycles. The summed E-state index contributed by atoms with van der Waals surface area (Å²) >= 11 is 0. The van der Waals surface area contributed by atoms with Crippen molar-refractivity contribution in [1.82, 2.24) is 0 Å². The van der Waals surface area contributed by atoms with E-state index in [2.05, 4.69) is 30.4 Å². The fourth-order valence-electron chi connectivity index (χ4n) is 2.74. The maximum atomic E-state index is 5.47. The zero-order valence-corrected chi connectivity index (χ0v) is 12.5. The summed E-state index contributed by atoms with van der Waals surface area (Å²) in [5.74, 6) is 2.51. The average Bonchev–Trinajstić information content (AvgIpc) is 2.71. The van der Waals surface area contributed by atoms with Crippen molar-refractivity contribution in [3.63, 3.8) is 0 Å². The molecule has 0 saturated carbocycles. The molecule has 0 aliphatic heterocycles. The zero-order valence-electron chi connectivity index (χ0n) is 12.5. The predicted octanol–water partition coefficient (Wildman–Crippen LogP) is 2.03. The Labute approximate surface area is 124 Å². The van der Waals surface area contributed by atoms with Crippen LogP contribution in [-0.2, 0) is 9.47 Å². The van der Waals surface area contributed by atoms with Gasteiger partial charge in [-0.05, 0) is 39.8 Å². The fraction of sp³-hybridized carbons (Fsp3) is 0.222. The van der Waals surface area contributed by atoms with E-state index in [1.165, 1.54) is 10.8 Å². The first kappa shape index (κ1) is 13.6. The Morgan fingerprint density at radius 1 is 1.00 bits per heavy atom. The molecular formula is C18H18O3. The molecule has 0 spiro atoms. The number of benzene rings is 1. The van der Waals surface area contributed by atoms with Gasteiger partial charge in [0.25, 0.3) is 0 Å². The maximum Gasteiger partial charge on any atom is 0.157 e. The number of allylic oxidation sites excluding steroid dienone is 5. The van der Waals surface area contributed by atoms with Gasteiger partial charge in [0.15, 0.2) is 5.76 Å². The molecule has 0 heterocycles. The highest BCUT2D eigenvalue weighted by Gasteiger charge is 2.19. The quantitative estimate of drug-likeness (QED) is 0.849.